The topological polar surface area (TPSA) is 17.1 Å². The number of benzene rings is 1. The van der Waals surface area contributed by atoms with E-state index in [0.29, 0.717) is 10.6 Å². The van der Waals surface area contributed by atoms with Gasteiger partial charge in [0.1, 0.15) is 0 Å². The fourth-order valence-electron chi connectivity index (χ4n) is 0.773. The Morgan fingerprint density at radius 2 is 2.18 bits per heavy atom. The van der Waals surface area contributed by atoms with E-state index in [9.17, 15) is 4.79 Å². The summed E-state index contributed by atoms with van der Waals surface area (Å²) >= 11 is 9.15. The summed E-state index contributed by atoms with van der Waals surface area (Å²) in [5.74, 6) is 0. The lowest BCUT2D eigenvalue weighted by Gasteiger charge is -2.01. The third-order valence-electron chi connectivity index (χ3n) is 1.48. The fraction of sp³-hybridized carbons (Fsp3) is 0.125. The molecular formula is C8H6BrClO. The molecule has 0 fully saturated rings. The van der Waals surface area contributed by atoms with Gasteiger partial charge in [0.25, 0.3) is 0 Å². The zero-order valence-electron chi connectivity index (χ0n) is 5.90. The van der Waals surface area contributed by atoms with E-state index in [-0.39, 0.29) is 0 Å². The monoisotopic (exact) mass is 232 g/mol. The summed E-state index contributed by atoms with van der Waals surface area (Å²) in [6.45, 7) is 1.86. The first kappa shape index (κ1) is 8.75. The average molecular weight is 233 g/mol. The number of halogens is 2. The summed E-state index contributed by atoms with van der Waals surface area (Å²) in [6.07, 6.45) is 0.752. The lowest BCUT2D eigenvalue weighted by atomic mass is 10.1. The molecule has 3 heteroatoms. The van der Waals surface area contributed by atoms with Gasteiger partial charge in [-0.2, -0.15) is 0 Å². The molecule has 0 bridgehead atoms. The Bertz CT molecular complexity index is 296. The van der Waals surface area contributed by atoms with Gasteiger partial charge in [-0.05, 0) is 24.6 Å². The SMILES string of the molecule is Cc1c(Br)ccc(C=O)c1Cl. The lowest BCUT2D eigenvalue weighted by molar-refractivity contribution is 0.112. The van der Waals surface area contributed by atoms with Crippen LogP contribution in [0.1, 0.15) is 15.9 Å². The van der Waals surface area contributed by atoms with Gasteiger partial charge in [0, 0.05) is 10.0 Å². The van der Waals surface area contributed by atoms with Crippen LogP contribution in [-0.4, -0.2) is 6.29 Å². The predicted octanol–water partition coefficient (Wildman–Crippen LogP) is 3.22. The Kier molecular flexibility index (Phi) is 2.68. The lowest BCUT2D eigenvalue weighted by Crippen LogP contribution is -1.85. The standard InChI is InChI=1S/C8H6BrClO/c1-5-7(9)3-2-6(4-11)8(5)10/h2-4H,1H3. The quantitative estimate of drug-likeness (QED) is 0.681. The molecule has 0 unspecified atom stereocenters. The number of carbonyl (C=O) groups excluding carboxylic acids is 1. The number of carbonyl (C=O) groups is 1. The maximum atomic E-state index is 10.4. The molecule has 0 heterocycles. The second kappa shape index (κ2) is 3.37. The molecule has 0 radical (unpaired) electrons. The molecule has 0 aliphatic carbocycles. The van der Waals surface area contributed by atoms with Gasteiger partial charge in [-0.1, -0.05) is 27.5 Å². The van der Waals surface area contributed by atoms with Crippen LogP contribution < -0.4 is 0 Å². The maximum Gasteiger partial charge on any atom is 0.151 e. The zero-order valence-corrected chi connectivity index (χ0v) is 8.24. The third kappa shape index (κ3) is 1.63. The van der Waals surface area contributed by atoms with Gasteiger partial charge >= 0.3 is 0 Å². The van der Waals surface area contributed by atoms with Crippen molar-refractivity contribution in [1.82, 2.24) is 0 Å². The van der Waals surface area contributed by atoms with Crippen molar-refractivity contribution in [2.75, 3.05) is 0 Å². The fourth-order valence-corrected chi connectivity index (χ4v) is 1.43. The normalized spacial score (nSPS) is 9.73. The highest BCUT2D eigenvalue weighted by atomic mass is 79.9. The highest BCUT2D eigenvalue weighted by Crippen LogP contribution is 2.26. The van der Waals surface area contributed by atoms with Crippen molar-refractivity contribution in [3.05, 3.63) is 32.8 Å². The minimum absolute atomic E-state index is 0.523. The highest BCUT2D eigenvalue weighted by Gasteiger charge is 2.04. The Balaban J connectivity index is 3.36. The molecule has 0 atom stereocenters. The minimum Gasteiger partial charge on any atom is -0.298 e. The molecule has 0 aliphatic rings. The van der Waals surface area contributed by atoms with Crippen molar-refractivity contribution in [1.29, 1.82) is 0 Å². The van der Waals surface area contributed by atoms with Crippen LogP contribution in [0.4, 0.5) is 0 Å². The summed E-state index contributed by atoms with van der Waals surface area (Å²) in [5.41, 5.74) is 1.43. The molecule has 11 heavy (non-hydrogen) atoms. The maximum absolute atomic E-state index is 10.4. The molecule has 1 nitrogen and oxygen atoms in total. The van der Waals surface area contributed by atoms with Gasteiger partial charge in [0.2, 0.25) is 0 Å². The second-order valence-electron chi connectivity index (χ2n) is 2.19. The minimum atomic E-state index is 0.523. The van der Waals surface area contributed by atoms with Crippen molar-refractivity contribution in [3.63, 3.8) is 0 Å². The average Bonchev–Trinajstić information content (AvgIpc) is 2.01. The van der Waals surface area contributed by atoms with Crippen LogP contribution in [0.25, 0.3) is 0 Å². The number of hydrogen-bond donors (Lipinski definition) is 0. The Morgan fingerprint density at radius 1 is 1.55 bits per heavy atom. The Hall–Kier alpha value is -0.340. The molecule has 1 rings (SSSR count). The van der Waals surface area contributed by atoms with Gasteiger partial charge in [0.15, 0.2) is 6.29 Å². The molecule has 0 aliphatic heterocycles. The third-order valence-corrected chi connectivity index (χ3v) is 2.84. The summed E-state index contributed by atoms with van der Waals surface area (Å²) in [6, 6.07) is 3.50. The van der Waals surface area contributed by atoms with E-state index in [4.69, 9.17) is 11.6 Å². The van der Waals surface area contributed by atoms with Crippen LogP contribution in [0.2, 0.25) is 5.02 Å². The largest absolute Gasteiger partial charge is 0.298 e. The first-order valence-corrected chi connectivity index (χ1v) is 4.23. The number of aldehydes is 1. The van der Waals surface area contributed by atoms with E-state index >= 15 is 0 Å². The van der Waals surface area contributed by atoms with Gasteiger partial charge < -0.3 is 0 Å². The first-order valence-electron chi connectivity index (χ1n) is 3.06. The number of hydrogen-bond acceptors (Lipinski definition) is 1. The van der Waals surface area contributed by atoms with Gasteiger partial charge in [-0.25, -0.2) is 0 Å². The molecular weight excluding hydrogens is 227 g/mol. The molecule has 0 spiro atoms. The molecule has 0 N–H and O–H groups in total. The van der Waals surface area contributed by atoms with E-state index in [1.165, 1.54) is 0 Å². The second-order valence-corrected chi connectivity index (χ2v) is 3.43. The van der Waals surface area contributed by atoms with Crippen LogP contribution >= 0.6 is 27.5 Å². The van der Waals surface area contributed by atoms with Crippen LogP contribution in [0.5, 0.6) is 0 Å². The smallest absolute Gasteiger partial charge is 0.151 e. The Morgan fingerprint density at radius 3 is 2.73 bits per heavy atom. The van der Waals surface area contributed by atoms with Crippen molar-refractivity contribution in [2.45, 2.75) is 6.92 Å². The first-order chi connectivity index (χ1) is 5.16. The van der Waals surface area contributed by atoms with E-state index < -0.39 is 0 Å². The van der Waals surface area contributed by atoms with E-state index in [1.54, 1.807) is 6.07 Å². The summed E-state index contributed by atoms with van der Waals surface area (Å²) < 4.78 is 0.924. The van der Waals surface area contributed by atoms with Gasteiger partial charge in [-0.3, -0.25) is 4.79 Å². The molecule has 1 aromatic carbocycles. The zero-order chi connectivity index (χ0) is 8.43. The Labute approximate surface area is 78.5 Å². The molecule has 58 valence electrons. The summed E-state index contributed by atoms with van der Waals surface area (Å²) in [5, 5.41) is 0.523. The number of rotatable bonds is 1. The van der Waals surface area contributed by atoms with Crippen molar-refractivity contribution < 1.29 is 4.79 Å². The van der Waals surface area contributed by atoms with Gasteiger partial charge in [-0.15, -0.1) is 0 Å². The molecule has 1 aromatic rings. The van der Waals surface area contributed by atoms with E-state index in [1.807, 2.05) is 13.0 Å². The van der Waals surface area contributed by atoms with E-state index in [2.05, 4.69) is 15.9 Å². The molecule has 0 saturated carbocycles. The molecule has 0 amide bonds. The molecule has 0 saturated heterocycles. The van der Waals surface area contributed by atoms with Crippen molar-refractivity contribution in [2.24, 2.45) is 0 Å². The van der Waals surface area contributed by atoms with Gasteiger partial charge in [0.05, 0.1) is 5.02 Å². The van der Waals surface area contributed by atoms with Crippen LogP contribution in [-0.2, 0) is 0 Å². The van der Waals surface area contributed by atoms with Crippen molar-refractivity contribution >= 4 is 33.8 Å². The van der Waals surface area contributed by atoms with E-state index in [0.717, 1.165) is 16.3 Å². The molecule has 0 aromatic heterocycles. The van der Waals surface area contributed by atoms with Crippen molar-refractivity contribution in [3.8, 4) is 0 Å². The van der Waals surface area contributed by atoms with Crippen LogP contribution in [0.3, 0.4) is 0 Å². The predicted molar refractivity (Wildman–Crippen MR) is 49.3 cm³/mol. The van der Waals surface area contributed by atoms with Crippen LogP contribution in [0, 0.1) is 6.92 Å². The highest BCUT2D eigenvalue weighted by molar-refractivity contribution is 9.10. The summed E-state index contributed by atoms with van der Waals surface area (Å²) in [7, 11) is 0. The van der Waals surface area contributed by atoms with Crippen LogP contribution in [0.15, 0.2) is 16.6 Å². The summed E-state index contributed by atoms with van der Waals surface area (Å²) in [4.78, 5) is 10.4.